The molecule has 2 saturated heterocycles. The molecular weight excluding hydrogens is 304 g/mol. The SMILES string of the molecule is CCO[Si](OCC)(N1C(C)CCCC1C)N1C(C)CCCC1C. The van der Waals surface area contributed by atoms with Crippen LogP contribution in [0.4, 0.5) is 0 Å². The van der Waals surface area contributed by atoms with Crippen LogP contribution in [0.2, 0.25) is 0 Å². The van der Waals surface area contributed by atoms with Crippen molar-refractivity contribution in [3.63, 3.8) is 0 Å². The number of hydrogen-bond acceptors (Lipinski definition) is 4. The Morgan fingerprint density at radius 2 is 1.00 bits per heavy atom. The van der Waals surface area contributed by atoms with Crippen LogP contribution in [0, 0.1) is 0 Å². The lowest BCUT2D eigenvalue weighted by atomic mass is 10.0. The molecule has 0 aliphatic carbocycles. The summed E-state index contributed by atoms with van der Waals surface area (Å²) < 4.78 is 18.5. The molecule has 2 rings (SSSR count). The summed E-state index contributed by atoms with van der Waals surface area (Å²) in [5, 5.41) is 0. The van der Waals surface area contributed by atoms with E-state index in [9.17, 15) is 0 Å². The fourth-order valence-electron chi connectivity index (χ4n) is 4.81. The van der Waals surface area contributed by atoms with Gasteiger partial charge in [0.15, 0.2) is 0 Å². The van der Waals surface area contributed by atoms with Crippen molar-refractivity contribution in [2.24, 2.45) is 0 Å². The Morgan fingerprint density at radius 3 is 1.26 bits per heavy atom. The minimum Gasteiger partial charge on any atom is -0.371 e. The van der Waals surface area contributed by atoms with Gasteiger partial charge in [-0.2, -0.15) is 0 Å². The maximum Gasteiger partial charge on any atom is 0.523 e. The summed E-state index contributed by atoms with van der Waals surface area (Å²) in [6.45, 7) is 15.2. The van der Waals surface area contributed by atoms with Crippen molar-refractivity contribution >= 4 is 8.88 Å². The zero-order valence-electron chi connectivity index (χ0n) is 16.2. The van der Waals surface area contributed by atoms with Crippen molar-refractivity contribution < 1.29 is 8.85 Å². The van der Waals surface area contributed by atoms with Crippen molar-refractivity contribution in [1.29, 1.82) is 0 Å². The molecule has 0 aromatic rings. The van der Waals surface area contributed by atoms with E-state index in [1.54, 1.807) is 0 Å². The summed E-state index contributed by atoms with van der Waals surface area (Å²) in [7, 11) is -2.58. The molecule has 0 N–H and O–H groups in total. The average molecular weight is 343 g/mol. The summed E-state index contributed by atoms with van der Waals surface area (Å²) >= 11 is 0. The van der Waals surface area contributed by atoms with Crippen molar-refractivity contribution in [1.82, 2.24) is 9.13 Å². The number of rotatable bonds is 6. The van der Waals surface area contributed by atoms with E-state index >= 15 is 0 Å². The molecule has 2 heterocycles. The predicted molar refractivity (Wildman–Crippen MR) is 98.2 cm³/mol. The molecule has 4 nitrogen and oxygen atoms in total. The molecule has 4 unspecified atom stereocenters. The van der Waals surface area contributed by atoms with E-state index in [0.29, 0.717) is 24.2 Å². The standard InChI is InChI=1S/C18H38N2O2Si/c1-7-21-23(22-8-2,19-15(3)11-9-12-16(19)4)20-17(5)13-10-14-18(20)6/h15-18H,7-14H2,1-6H3. The first kappa shape index (κ1) is 19.4. The number of hydrogen-bond donors (Lipinski definition) is 0. The third-order valence-corrected chi connectivity index (χ3v) is 10.1. The van der Waals surface area contributed by atoms with Crippen molar-refractivity contribution in [2.75, 3.05) is 13.2 Å². The monoisotopic (exact) mass is 342 g/mol. The first-order chi connectivity index (χ1) is 11.0. The Bertz CT molecular complexity index is 315. The van der Waals surface area contributed by atoms with Gasteiger partial charge in [-0.3, -0.25) is 9.13 Å². The quantitative estimate of drug-likeness (QED) is 0.681. The lowest BCUT2D eigenvalue weighted by Gasteiger charge is -2.56. The number of nitrogens with zero attached hydrogens (tertiary/aromatic N) is 2. The molecule has 0 amide bonds. The lowest BCUT2D eigenvalue weighted by Crippen LogP contribution is -2.77. The van der Waals surface area contributed by atoms with Gasteiger partial charge in [-0.1, -0.05) is 12.8 Å². The van der Waals surface area contributed by atoms with Gasteiger partial charge in [0.2, 0.25) is 0 Å². The second-order valence-electron chi connectivity index (χ2n) is 7.49. The van der Waals surface area contributed by atoms with Crippen LogP contribution in [0.1, 0.15) is 80.1 Å². The second kappa shape index (κ2) is 8.43. The number of piperidine rings is 2. The Labute approximate surface area is 144 Å². The van der Waals surface area contributed by atoms with E-state index in [4.69, 9.17) is 8.85 Å². The largest absolute Gasteiger partial charge is 0.523 e. The van der Waals surface area contributed by atoms with Gasteiger partial charge in [-0.15, -0.1) is 0 Å². The van der Waals surface area contributed by atoms with Gasteiger partial charge in [0.25, 0.3) is 0 Å². The maximum absolute atomic E-state index is 6.60. The highest BCUT2D eigenvalue weighted by molar-refractivity contribution is 6.62. The van der Waals surface area contributed by atoms with Crippen LogP contribution in [0.5, 0.6) is 0 Å². The molecule has 0 aromatic carbocycles. The Morgan fingerprint density at radius 1 is 0.696 bits per heavy atom. The van der Waals surface area contributed by atoms with Crippen LogP contribution in [0.3, 0.4) is 0 Å². The van der Waals surface area contributed by atoms with Gasteiger partial charge < -0.3 is 8.85 Å². The zero-order chi connectivity index (χ0) is 17.0. The molecule has 2 fully saturated rings. The fraction of sp³-hybridized carbons (Fsp3) is 1.00. The van der Waals surface area contributed by atoms with Gasteiger partial charge >= 0.3 is 8.88 Å². The summed E-state index contributed by atoms with van der Waals surface area (Å²) in [6.07, 6.45) is 7.69. The molecule has 2 aliphatic rings. The van der Waals surface area contributed by atoms with Crippen molar-refractivity contribution in [3.8, 4) is 0 Å². The Hall–Kier alpha value is 0.0569. The van der Waals surface area contributed by atoms with Gasteiger partial charge in [-0.05, 0) is 67.2 Å². The molecule has 0 radical (unpaired) electrons. The highest BCUT2D eigenvalue weighted by Gasteiger charge is 2.58. The Kier molecular flexibility index (Phi) is 7.11. The molecular formula is C18H38N2O2Si. The zero-order valence-corrected chi connectivity index (χ0v) is 17.2. The summed E-state index contributed by atoms with van der Waals surface area (Å²) in [5.41, 5.74) is 0. The molecule has 136 valence electrons. The highest BCUT2D eigenvalue weighted by atomic mass is 28.4. The van der Waals surface area contributed by atoms with Crippen molar-refractivity contribution in [2.45, 2.75) is 104 Å². The van der Waals surface area contributed by atoms with Crippen LogP contribution >= 0.6 is 0 Å². The third-order valence-electron chi connectivity index (χ3n) is 5.70. The maximum atomic E-state index is 6.60. The Balaban J connectivity index is 2.44. The second-order valence-corrected chi connectivity index (χ2v) is 10.2. The summed E-state index contributed by atoms with van der Waals surface area (Å²) in [5.74, 6) is 0. The lowest BCUT2D eigenvalue weighted by molar-refractivity contribution is -0.00923. The molecule has 0 aromatic heterocycles. The molecule has 23 heavy (non-hydrogen) atoms. The van der Waals surface area contributed by atoms with Gasteiger partial charge in [0, 0.05) is 37.4 Å². The van der Waals surface area contributed by atoms with E-state index in [1.807, 2.05) is 0 Å². The van der Waals surface area contributed by atoms with E-state index in [-0.39, 0.29) is 0 Å². The first-order valence-electron chi connectivity index (χ1n) is 9.82. The van der Waals surface area contributed by atoms with E-state index < -0.39 is 8.88 Å². The summed E-state index contributed by atoms with van der Waals surface area (Å²) in [4.78, 5) is 0. The first-order valence-corrected chi connectivity index (χ1v) is 11.5. The van der Waals surface area contributed by atoms with Gasteiger partial charge in [0.05, 0.1) is 0 Å². The minimum atomic E-state index is -2.58. The van der Waals surface area contributed by atoms with Crippen LogP contribution < -0.4 is 0 Å². The van der Waals surface area contributed by atoms with Crippen LogP contribution in [-0.4, -0.2) is 55.4 Å². The minimum absolute atomic E-state index is 0.546. The third kappa shape index (κ3) is 3.84. The van der Waals surface area contributed by atoms with E-state index in [1.165, 1.54) is 38.5 Å². The van der Waals surface area contributed by atoms with Crippen LogP contribution in [-0.2, 0) is 8.85 Å². The van der Waals surface area contributed by atoms with Crippen molar-refractivity contribution in [3.05, 3.63) is 0 Å². The molecule has 0 spiro atoms. The van der Waals surface area contributed by atoms with Gasteiger partial charge in [-0.25, -0.2) is 0 Å². The fourth-order valence-corrected chi connectivity index (χ4v) is 9.25. The predicted octanol–water partition coefficient (Wildman–Crippen LogP) is 4.02. The summed E-state index contributed by atoms with van der Waals surface area (Å²) in [6, 6.07) is 2.18. The van der Waals surface area contributed by atoms with Crippen LogP contribution in [0.15, 0.2) is 0 Å². The topological polar surface area (TPSA) is 24.9 Å². The van der Waals surface area contributed by atoms with E-state index in [2.05, 4.69) is 50.7 Å². The molecule has 0 saturated carbocycles. The molecule has 4 atom stereocenters. The normalized spacial score (nSPS) is 34.7. The van der Waals surface area contributed by atoms with Gasteiger partial charge in [0.1, 0.15) is 0 Å². The molecule has 0 bridgehead atoms. The van der Waals surface area contributed by atoms with E-state index in [0.717, 1.165) is 13.2 Å². The molecule has 5 heteroatoms. The highest BCUT2D eigenvalue weighted by Crippen LogP contribution is 2.37. The molecule has 2 aliphatic heterocycles. The smallest absolute Gasteiger partial charge is 0.371 e. The van der Waals surface area contributed by atoms with Crippen LogP contribution in [0.25, 0.3) is 0 Å². The average Bonchev–Trinajstić information content (AvgIpc) is 2.47.